The van der Waals surface area contributed by atoms with Crippen LogP contribution in [0.3, 0.4) is 0 Å². The SMILES string of the molecule is CC(C)(C)OC(=O)NCC=Cc1cc(F)c(F)cc1OCCO. The molecule has 0 fully saturated rings. The molecule has 1 rings (SSSR count). The minimum Gasteiger partial charge on any atom is -0.490 e. The summed E-state index contributed by atoms with van der Waals surface area (Å²) in [4.78, 5) is 11.4. The van der Waals surface area contributed by atoms with Gasteiger partial charge < -0.3 is 19.9 Å². The van der Waals surface area contributed by atoms with Gasteiger partial charge in [0.2, 0.25) is 0 Å². The zero-order chi connectivity index (χ0) is 17.5. The molecule has 0 aliphatic carbocycles. The van der Waals surface area contributed by atoms with Gasteiger partial charge in [-0.1, -0.05) is 12.2 Å². The maximum absolute atomic E-state index is 13.3. The highest BCUT2D eigenvalue weighted by atomic mass is 19.2. The van der Waals surface area contributed by atoms with Gasteiger partial charge in [-0.05, 0) is 26.8 Å². The lowest BCUT2D eigenvalue weighted by atomic mass is 10.1. The van der Waals surface area contributed by atoms with E-state index in [1.54, 1.807) is 26.8 Å². The fraction of sp³-hybridized carbons (Fsp3) is 0.438. The van der Waals surface area contributed by atoms with Crippen LogP contribution in [-0.4, -0.2) is 36.6 Å². The Morgan fingerprint density at radius 2 is 1.96 bits per heavy atom. The summed E-state index contributed by atoms with van der Waals surface area (Å²) in [6, 6.07) is 1.89. The van der Waals surface area contributed by atoms with Gasteiger partial charge in [-0.15, -0.1) is 0 Å². The van der Waals surface area contributed by atoms with Gasteiger partial charge in [0.25, 0.3) is 0 Å². The van der Waals surface area contributed by atoms with Gasteiger partial charge in [-0.3, -0.25) is 0 Å². The number of ether oxygens (including phenoxy) is 2. The van der Waals surface area contributed by atoms with Crippen molar-refractivity contribution in [1.82, 2.24) is 5.32 Å². The van der Waals surface area contributed by atoms with Crippen LogP contribution in [0.5, 0.6) is 5.75 Å². The van der Waals surface area contributed by atoms with Crippen LogP contribution >= 0.6 is 0 Å². The smallest absolute Gasteiger partial charge is 0.407 e. The third kappa shape index (κ3) is 7.10. The first kappa shape index (κ1) is 18.9. The van der Waals surface area contributed by atoms with E-state index in [2.05, 4.69) is 5.32 Å². The van der Waals surface area contributed by atoms with Gasteiger partial charge in [-0.2, -0.15) is 0 Å². The molecule has 0 atom stereocenters. The van der Waals surface area contributed by atoms with Crippen molar-refractivity contribution in [2.45, 2.75) is 26.4 Å². The van der Waals surface area contributed by atoms with Gasteiger partial charge in [0.1, 0.15) is 18.0 Å². The third-order valence-corrected chi connectivity index (χ3v) is 2.46. The average Bonchev–Trinajstić information content (AvgIpc) is 2.43. The van der Waals surface area contributed by atoms with Crippen LogP contribution in [0.15, 0.2) is 18.2 Å². The maximum Gasteiger partial charge on any atom is 0.407 e. The van der Waals surface area contributed by atoms with Crippen molar-refractivity contribution in [3.63, 3.8) is 0 Å². The van der Waals surface area contributed by atoms with Crippen molar-refractivity contribution < 1.29 is 28.2 Å². The minimum absolute atomic E-state index is 0.0396. The number of rotatable bonds is 6. The summed E-state index contributed by atoms with van der Waals surface area (Å²) in [5.74, 6) is -1.95. The number of carbonyl (C=O) groups excluding carboxylic acids is 1. The number of nitrogens with one attached hydrogen (secondary N) is 1. The lowest BCUT2D eigenvalue weighted by Gasteiger charge is -2.19. The number of halogens is 2. The molecule has 0 saturated heterocycles. The molecule has 23 heavy (non-hydrogen) atoms. The lowest BCUT2D eigenvalue weighted by Crippen LogP contribution is -2.32. The molecule has 0 bridgehead atoms. The zero-order valence-electron chi connectivity index (χ0n) is 13.4. The standard InChI is InChI=1S/C16H21F2NO4/c1-16(2,3)23-15(21)19-6-4-5-11-9-12(17)13(18)10-14(11)22-8-7-20/h4-5,9-10,20H,6-8H2,1-3H3,(H,19,21). The first-order chi connectivity index (χ1) is 10.7. The highest BCUT2D eigenvalue weighted by molar-refractivity contribution is 5.68. The summed E-state index contributed by atoms with van der Waals surface area (Å²) in [6.45, 7) is 5.09. The number of amides is 1. The summed E-state index contributed by atoms with van der Waals surface area (Å²) in [6.07, 6.45) is 2.44. The molecule has 0 aliphatic rings. The monoisotopic (exact) mass is 329 g/mol. The Bertz CT molecular complexity index is 568. The minimum atomic E-state index is -1.04. The number of benzene rings is 1. The molecular formula is C16H21F2NO4. The van der Waals surface area contributed by atoms with Crippen LogP contribution in [0.25, 0.3) is 6.08 Å². The van der Waals surface area contributed by atoms with E-state index in [4.69, 9.17) is 14.6 Å². The highest BCUT2D eigenvalue weighted by Gasteiger charge is 2.15. The Morgan fingerprint density at radius 3 is 2.57 bits per heavy atom. The highest BCUT2D eigenvalue weighted by Crippen LogP contribution is 2.23. The summed E-state index contributed by atoms with van der Waals surface area (Å²) >= 11 is 0. The molecule has 1 amide bonds. The molecule has 1 aromatic carbocycles. The summed E-state index contributed by atoms with van der Waals surface area (Å²) in [5, 5.41) is 11.2. The Kier molecular flexibility index (Phi) is 6.96. The molecule has 0 radical (unpaired) electrons. The van der Waals surface area contributed by atoms with Crippen molar-refractivity contribution in [3.8, 4) is 5.75 Å². The van der Waals surface area contributed by atoms with Crippen molar-refractivity contribution in [1.29, 1.82) is 0 Å². The van der Waals surface area contributed by atoms with E-state index in [0.29, 0.717) is 5.56 Å². The number of alkyl carbamates (subject to hydrolysis) is 1. The maximum atomic E-state index is 13.3. The topological polar surface area (TPSA) is 67.8 Å². The molecule has 0 unspecified atom stereocenters. The molecule has 1 aromatic rings. The molecule has 0 aromatic heterocycles. The number of aliphatic hydroxyl groups excluding tert-OH is 1. The Labute approximate surface area is 133 Å². The molecule has 7 heteroatoms. The van der Waals surface area contributed by atoms with Gasteiger partial charge in [0.15, 0.2) is 11.6 Å². The lowest BCUT2D eigenvalue weighted by molar-refractivity contribution is 0.0534. The Hall–Kier alpha value is -2.15. The van der Waals surface area contributed by atoms with Gasteiger partial charge in [0, 0.05) is 18.2 Å². The third-order valence-electron chi connectivity index (χ3n) is 2.46. The quantitative estimate of drug-likeness (QED) is 0.842. The predicted molar refractivity (Wildman–Crippen MR) is 82.2 cm³/mol. The Morgan fingerprint density at radius 1 is 1.30 bits per heavy atom. The molecule has 128 valence electrons. The number of hydrogen-bond acceptors (Lipinski definition) is 4. The zero-order valence-corrected chi connectivity index (χ0v) is 13.4. The van der Waals surface area contributed by atoms with Gasteiger partial charge in [0.05, 0.1) is 6.61 Å². The van der Waals surface area contributed by atoms with E-state index in [1.807, 2.05) is 0 Å². The number of carbonyl (C=O) groups is 1. The molecule has 0 saturated carbocycles. The first-order valence-corrected chi connectivity index (χ1v) is 7.09. The number of aliphatic hydroxyl groups is 1. The van der Waals surface area contributed by atoms with E-state index in [0.717, 1.165) is 12.1 Å². The fourth-order valence-electron chi connectivity index (χ4n) is 1.60. The van der Waals surface area contributed by atoms with Crippen LogP contribution in [0.2, 0.25) is 0 Å². The van der Waals surface area contributed by atoms with E-state index in [9.17, 15) is 13.6 Å². The molecule has 0 heterocycles. The second-order valence-electron chi connectivity index (χ2n) is 5.66. The molecular weight excluding hydrogens is 308 g/mol. The molecule has 0 aliphatic heterocycles. The Balaban J connectivity index is 2.68. The van der Waals surface area contributed by atoms with Crippen LogP contribution in [0, 0.1) is 11.6 Å². The first-order valence-electron chi connectivity index (χ1n) is 7.09. The van der Waals surface area contributed by atoms with Crippen molar-refractivity contribution in [2.24, 2.45) is 0 Å². The van der Waals surface area contributed by atoms with Crippen LogP contribution < -0.4 is 10.1 Å². The van der Waals surface area contributed by atoms with E-state index < -0.39 is 23.3 Å². The number of hydrogen-bond donors (Lipinski definition) is 2. The van der Waals surface area contributed by atoms with Crippen LogP contribution in [-0.2, 0) is 4.74 Å². The average molecular weight is 329 g/mol. The van der Waals surface area contributed by atoms with E-state index in [1.165, 1.54) is 6.08 Å². The summed E-state index contributed by atoms with van der Waals surface area (Å²) < 4.78 is 36.7. The van der Waals surface area contributed by atoms with Crippen molar-refractivity contribution in [2.75, 3.05) is 19.8 Å². The van der Waals surface area contributed by atoms with Crippen LogP contribution in [0.4, 0.5) is 13.6 Å². The fourth-order valence-corrected chi connectivity index (χ4v) is 1.60. The van der Waals surface area contributed by atoms with Crippen molar-refractivity contribution in [3.05, 3.63) is 35.4 Å². The van der Waals surface area contributed by atoms with Crippen molar-refractivity contribution >= 4 is 12.2 Å². The van der Waals surface area contributed by atoms with E-state index in [-0.39, 0.29) is 25.5 Å². The predicted octanol–water partition coefficient (Wildman–Crippen LogP) is 2.87. The molecule has 5 nitrogen and oxygen atoms in total. The largest absolute Gasteiger partial charge is 0.490 e. The summed E-state index contributed by atoms with van der Waals surface area (Å²) in [7, 11) is 0. The van der Waals surface area contributed by atoms with Crippen LogP contribution in [0.1, 0.15) is 26.3 Å². The molecule has 0 spiro atoms. The normalized spacial score (nSPS) is 11.6. The molecule has 2 N–H and O–H groups in total. The van der Waals surface area contributed by atoms with Gasteiger partial charge >= 0.3 is 6.09 Å². The van der Waals surface area contributed by atoms with E-state index >= 15 is 0 Å². The second-order valence-corrected chi connectivity index (χ2v) is 5.66. The summed E-state index contributed by atoms with van der Waals surface area (Å²) in [5.41, 5.74) is -0.303. The van der Waals surface area contributed by atoms with Gasteiger partial charge in [-0.25, -0.2) is 13.6 Å². The second kappa shape index (κ2) is 8.47.